The van der Waals surface area contributed by atoms with E-state index >= 15 is 0 Å². The third-order valence-electron chi connectivity index (χ3n) is 3.11. The summed E-state index contributed by atoms with van der Waals surface area (Å²) in [5, 5.41) is 0. The number of ether oxygens (including phenoxy) is 1. The molecule has 8 heteroatoms. The molecule has 2 N–H and O–H groups in total. The maximum atomic E-state index is 11.8. The number of hydrogen-bond acceptors (Lipinski definition) is 7. The lowest BCUT2D eigenvalue weighted by Crippen LogP contribution is -2.41. The van der Waals surface area contributed by atoms with Crippen LogP contribution < -0.4 is 10.6 Å². The minimum Gasteiger partial charge on any atom is -0.462 e. The second kappa shape index (κ2) is 5.66. The number of nitrogen functional groups attached to an aromatic ring is 1. The molecule has 0 saturated carbocycles. The maximum absolute atomic E-state index is 11.8. The van der Waals surface area contributed by atoms with Crippen LogP contribution in [-0.4, -0.2) is 50.6 Å². The molecule has 7 nitrogen and oxygen atoms in total. The molecule has 0 spiro atoms. The second-order valence-electron chi connectivity index (χ2n) is 4.46. The number of anilines is 2. The van der Waals surface area contributed by atoms with Crippen LogP contribution in [0.1, 0.15) is 17.3 Å². The number of aromatic nitrogens is 1. The topological polar surface area (TPSA) is 103 Å². The highest BCUT2D eigenvalue weighted by molar-refractivity contribution is 7.91. The van der Waals surface area contributed by atoms with E-state index < -0.39 is 15.8 Å². The van der Waals surface area contributed by atoms with E-state index in [0.29, 0.717) is 18.9 Å². The lowest BCUT2D eigenvalue weighted by Gasteiger charge is -2.28. The summed E-state index contributed by atoms with van der Waals surface area (Å²) in [7, 11) is -2.97. The Morgan fingerprint density at radius 1 is 1.45 bits per heavy atom. The van der Waals surface area contributed by atoms with Gasteiger partial charge in [-0.3, -0.25) is 0 Å². The normalized spacial score (nSPS) is 17.8. The molecule has 0 unspecified atom stereocenters. The Kier molecular flexibility index (Phi) is 4.12. The molecule has 0 bridgehead atoms. The summed E-state index contributed by atoms with van der Waals surface area (Å²) in [5.74, 6) is 0.0684. The number of hydrogen-bond donors (Lipinski definition) is 1. The fourth-order valence-corrected chi connectivity index (χ4v) is 3.23. The first-order valence-corrected chi connectivity index (χ1v) is 8.13. The predicted molar refractivity (Wildman–Crippen MR) is 75.5 cm³/mol. The van der Waals surface area contributed by atoms with Crippen molar-refractivity contribution in [3.8, 4) is 0 Å². The number of nitrogens with two attached hydrogens (primary N) is 1. The Labute approximate surface area is 117 Å². The van der Waals surface area contributed by atoms with Crippen LogP contribution in [0.15, 0.2) is 12.3 Å². The average Bonchev–Trinajstić information content (AvgIpc) is 2.40. The van der Waals surface area contributed by atoms with Gasteiger partial charge >= 0.3 is 5.97 Å². The molecular weight excluding hydrogens is 282 g/mol. The number of carbonyl (C=O) groups excluding carboxylic acids is 1. The number of rotatable bonds is 3. The minimum absolute atomic E-state index is 0.0672. The van der Waals surface area contributed by atoms with Crippen molar-refractivity contribution in [1.82, 2.24) is 4.98 Å². The molecule has 0 amide bonds. The third-order valence-corrected chi connectivity index (χ3v) is 4.72. The first-order valence-electron chi connectivity index (χ1n) is 6.31. The number of nitrogens with zero attached hydrogens (tertiary/aromatic N) is 2. The van der Waals surface area contributed by atoms with Gasteiger partial charge in [-0.1, -0.05) is 0 Å². The zero-order valence-electron chi connectivity index (χ0n) is 11.2. The summed E-state index contributed by atoms with van der Waals surface area (Å²) < 4.78 is 27.8. The van der Waals surface area contributed by atoms with Crippen LogP contribution in [0.3, 0.4) is 0 Å². The van der Waals surface area contributed by atoms with Crippen LogP contribution in [-0.2, 0) is 14.6 Å². The summed E-state index contributed by atoms with van der Waals surface area (Å²) in [4.78, 5) is 17.7. The van der Waals surface area contributed by atoms with E-state index in [-0.39, 0.29) is 29.4 Å². The Hall–Kier alpha value is -1.83. The van der Waals surface area contributed by atoms with Gasteiger partial charge in [-0.25, -0.2) is 18.2 Å². The van der Waals surface area contributed by atoms with Crippen molar-refractivity contribution in [2.24, 2.45) is 0 Å². The van der Waals surface area contributed by atoms with Crippen LogP contribution in [0.5, 0.6) is 0 Å². The highest BCUT2D eigenvalue weighted by Gasteiger charge is 2.25. The predicted octanol–water partition coefficient (Wildman–Crippen LogP) is 0.0753. The Bertz CT molecular complexity index is 601. The number of sulfone groups is 1. The van der Waals surface area contributed by atoms with Crippen molar-refractivity contribution >= 4 is 27.3 Å². The molecule has 20 heavy (non-hydrogen) atoms. The van der Waals surface area contributed by atoms with E-state index in [9.17, 15) is 13.2 Å². The first-order chi connectivity index (χ1) is 9.44. The number of carbonyl (C=O) groups is 1. The van der Waals surface area contributed by atoms with E-state index in [2.05, 4.69) is 4.98 Å². The van der Waals surface area contributed by atoms with Crippen molar-refractivity contribution in [1.29, 1.82) is 0 Å². The highest BCUT2D eigenvalue weighted by Crippen LogP contribution is 2.25. The van der Waals surface area contributed by atoms with Crippen LogP contribution in [0.25, 0.3) is 0 Å². The zero-order valence-corrected chi connectivity index (χ0v) is 12.0. The SMILES string of the molecule is CCOC(=O)c1ccnc(N2CCS(=O)(=O)CC2)c1N. The lowest BCUT2D eigenvalue weighted by atomic mass is 10.2. The first kappa shape index (κ1) is 14.6. The monoisotopic (exact) mass is 299 g/mol. The molecule has 0 aromatic carbocycles. The number of esters is 1. The fourth-order valence-electron chi connectivity index (χ4n) is 2.03. The summed E-state index contributed by atoms with van der Waals surface area (Å²) in [6.45, 7) is 2.63. The quantitative estimate of drug-likeness (QED) is 0.788. The molecule has 1 aromatic heterocycles. The van der Waals surface area contributed by atoms with Gasteiger partial charge in [0.25, 0.3) is 0 Å². The van der Waals surface area contributed by atoms with Gasteiger partial charge in [-0.2, -0.15) is 0 Å². The van der Waals surface area contributed by atoms with Gasteiger partial charge in [-0.15, -0.1) is 0 Å². The van der Waals surface area contributed by atoms with Gasteiger partial charge in [0, 0.05) is 19.3 Å². The molecule has 1 aromatic rings. The summed E-state index contributed by atoms with van der Waals surface area (Å²) >= 11 is 0. The summed E-state index contributed by atoms with van der Waals surface area (Å²) in [6, 6.07) is 1.50. The standard InChI is InChI=1S/C12H17N3O4S/c1-2-19-12(16)9-3-4-14-11(10(9)13)15-5-7-20(17,18)8-6-15/h3-4H,2,5-8,13H2,1H3. The Morgan fingerprint density at radius 3 is 2.70 bits per heavy atom. The van der Waals surface area contributed by atoms with Crippen molar-refractivity contribution in [2.75, 3.05) is 41.8 Å². The van der Waals surface area contributed by atoms with Crippen LogP contribution in [0.2, 0.25) is 0 Å². The van der Waals surface area contributed by atoms with E-state index in [4.69, 9.17) is 10.5 Å². The molecule has 0 aliphatic carbocycles. The van der Waals surface area contributed by atoms with Crippen molar-refractivity contribution in [2.45, 2.75) is 6.92 Å². The maximum Gasteiger partial charge on any atom is 0.340 e. The molecule has 1 aliphatic rings. The van der Waals surface area contributed by atoms with E-state index in [1.807, 2.05) is 0 Å². The number of pyridine rings is 1. The van der Waals surface area contributed by atoms with E-state index in [1.54, 1.807) is 11.8 Å². The van der Waals surface area contributed by atoms with E-state index in [1.165, 1.54) is 12.3 Å². The Balaban J connectivity index is 2.25. The second-order valence-corrected chi connectivity index (χ2v) is 6.76. The van der Waals surface area contributed by atoms with Gasteiger partial charge in [0.2, 0.25) is 0 Å². The average molecular weight is 299 g/mol. The molecule has 2 rings (SSSR count). The van der Waals surface area contributed by atoms with Gasteiger partial charge < -0.3 is 15.4 Å². The van der Waals surface area contributed by atoms with Crippen LogP contribution in [0.4, 0.5) is 11.5 Å². The largest absolute Gasteiger partial charge is 0.462 e. The molecule has 1 saturated heterocycles. The highest BCUT2D eigenvalue weighted by atomic mass is 32.2. The van der Waals surface area contributed by atoms with Crippen LogP contribution in [0, 0.1) is 0 Å². The molecule has 110 valence electrons. The van der Waals surface area contributed by atoms with Gasteiger partial charge in [0.15, 0.2) is 15.7 Å². The minimum atomic E-state index is -2.97. The smallest absolute Gasteiger partial charge is 0.340 e. The molecular formula is C12H17N3O4S. The van der Waals surface area contributed by atoms with Crippen LogP contribution >= 0.6 is 0 Å². The molecule has 2 heterocycles. The molecule has 1 fully saturated rings. The van der Waals surface area contributed by atoms with Crippen molar-refractivity contribution in [3.63, 3.8) is 0 Å². The van der Waals surface area contributed by atoms with Crippen molar-refractivity contribution < 1.29 is 17.9 Å². The molecule has 1 aliphatic heterocycles. The Morgan fingerprint density at radius 2 is 2.10 bits per heavy atom. The van der Waals surface area contributed by atoms with Crippen molar-refractivity contribution in [3.05, 3.63) is 17.8 Å². The molecule has 0 atom stereocenters. The van der Waals surface area contributed by atoms with E-state index in [0.717, 1.165) is 0 Å². The van der Waals surface area contributed by atoms with Gasteiger partial charge in [-0.05, 0) is 13.0 Å². The fraction of sp³-hybridized carbons (Fsp3) is 0.500. The summed E-state index contributed by atoms with van der Waals surface area (Å²) in [5.41, 5.74) is 6.44. The van der Waals surface area contributed by atoms with Gasteiger partial charge in [0.1, 0.15) is 0 Å². The summed E-state index contributed by atoms with van der Waals surface area (Å²) in [6.07, 6.45) is 1.47. The zero-order chi connectivity index (χ0) is 14.8. The molecule has 0 radical (unpaired) electrons. The van der Waals surface area contributed by atoms with Gasteiger partial charge in [0.05, 0.1) is 29.4 Å². The third kappa shape index (κ3) is 3.01. The lowest BCUT2D eigenvalue weighted by molar-refractivity contribution is 0.0527.